The highest BCUT2D eigenvalue weighted by atomic mass is 32.1. The molecule has 0 radical (unpaired) electrons. The van der Waals surface area contributed by atoms with E-state index in [1.807, 2.05) is 6.20 Å². The third kappa shape index (κ3) is 3.27. The molecule has 23 heavy (non-hydrogen) atoms. The zero-order chi connectivity index (χ0) is 16.4. The van der Waals surface area contributed by atoms with Crippen LogP contribution in [0.4, 0.5) is 4.39 Å². The van der Waals surface area contributed by atoms with Crippen molar-refractivity contribution >= 4 is 22.8 Å². The van der Waals surface area contributed by atoms with Crippen molar-refractivity contribution in [2.45, 2.75) is 12.8 Å². The average Bonchev–Trinajstić information content (AvgIpc) is 3.12. The van der Waals surface area contributed by atoms with E-state index in [2.05, 4.69) is 4.98 Å². The van der Waals surface area contributed by atoms with Crippen LogP contribution in [0.25, 0.3) is 5.57 Å². The number of thiazole rings is 1. The van der Waals surface area contributed by atoms with Gasteiger partial charge in [-0.3, -0.25) is 4.79 Å². The first-order chi connectivity index (χ1) is 11.1. The maximum Gasteiger partial charge on any atom is 0.289 e. The van der Waals surface area contributed by atoms with E-state index in [0.717, 1.165) is 33.9 Å². The van der Waals surface area contributed by atoms with Gasteiger partial charge in [0.1, 0.15) is 10.8 Å². The van der Waals surface area contributed by atoms with Crippen LogP contribution in [0.3, 0.4) is 0 Å². The van der Waals surface area contributed by atoms with Crippen LogP contribution in [0.15, 0.2) is 36.2 Å². The highest BCUT2D eigenvalue weighted by Gasteiger charge is 2.31. The van der Waals surface area contributed by atoms with Gasteiger partial charge in [-0.05, 0) is 30.5 Å². The topological polar surface area (TPSA) is 42.4 Å². The van der Waals surface area contributed by atoms with Gasteiger partial charge in [0.2, 0.25) is 0 Å². The van der Waals surface area contributed by atoms with E-state index >= 15 is 0 Å². The van der Waals surface area contributed by atoms with Crippen molar-refractivity contribution < 1.29 is 13.9 Å². The standard InChI is InChI=1S/C17H17FN2O2S/c1-20-10-14(15(22-2)17(20)21)16-19-9-13(23-16)8-5-11-3-6-12(18)7-4-11/h3-4,6-7,9H,5,8,10H2,1-2H3. The maximum atomic E-state index is 12.9. The van der Waals surface area contributed by atoms with Gasteiger partial charge in [-0.25, -0.2) is 9.37 Å². The Morgan fingerprint density at radius 2 is 2.04 bits per heavy atom. The summed E-state index contributed by atoms with van der Waals surface area (Å²) in [7, 11) is 3.26. The van der Waals surface area contributed by atoms with E-state index in [9.17, 15) is 9.18 Å². The van der Waals surface area contributed by atoms with E-state index in [4.69, 9.17) is 4.74 Å². The van der Waals surface area contributed by atoms with Crippen molar-refractivity contribution in [1.82, 2.24) is 9.88 Å². The molecule has 2 heterocycles. The quantitative estimate of drug-likeness (QED) is 0.845. The predicted octanol–water partition coefficient (Wildman–Crippen LogP) is 2.90. The van der Waals surface area contributed by atoms with Crippen LogP contribution >= 0.6 is 11.3 Å². The number of benzene rings is 1. The second-order valence-corrected chi connectivity index (χ2v) is 6.55. The van der Waals surface area contributed by atoms with Crippen LogP contribution in [0.5, 0.6) is 0 Å². The Bertz CT molecular complexity index is 752. The number of aryl methyl sites for hydroxylation is 2. The van der Waals surface area contributed by atoms with Crippen LogP contribution in [-0.4, -0.2) is 36.5 Å². The van der Waals surface area contributed by atoms with Gasteiger partial charge in [-0.2, -0.15) is 0 Å². The van der Waals surface area contributed by atoms with E-state index < -0.39 is 0 Å². The second kappa shape index (κ2) is 6.50. The molecule has 0 unspecified atom stereocenters. The molecule has 0 atom stereocenters. The smallest absolute Gasteiger partial charge is 0.289 e. The molecule has 1 aliphatic heterocycles. The minimum atomic E-state index is -0.220. The van der Waals surface area contributed by atoms with Gasteiger partial charge in [0, 0.05) is 18.1 Å². The highest BCUT2D eigenvalue weighted by molar-refractivity contribution is 7.12. The molecule has 0 spiro atoms. The van der Waals surface area contributed by atoms with Crippen molar-refractivity contribution in [3.63, 3.8) is 0 Å². The molecule has 1 aliphatic rings. The number of hydrogen-bond acceptors (Lipinski definition) is 4. The molecule has 6 heteroatoms. The molecular formula is C17H17FN2O2S. The van der Waals surface area contributed by atoms with Gasteiger partial charge < -0.3 is 9.64 Å². The van der Waals surface area contributed by atoms with Gasteiger partial charge in [0.05, 0.1) is 19.2 Å². The number of carbonyl (C=O) groups excluding carboxylic acids is 1. The van der Waals surface area contributed by atoms with Gasteiger partial charge in [0.25, 0.3) is 5.91 Å². The van der Waals surface area contributed by atoms with Crippen molar-refractivity contribution in [3.8, 4) is 0 Å². The van der Waals surface area contributed by atoms with E-state index in [1.165, 1.54) is 19.2 Å². The Balaban J connectivity index is 1.72. The molecule has 0 fully saturated rings. The van der Waals surface area contributed by atoms with Crippen LogP contribution < -0.4 is 0 Å². The Morgan fingerprint density at radius 3 is 2.74 bits per heavy atom. The van der Waals surface area contributed by atoms with E-state index in [0.29, 0.717) is 12.3 Å². The van der Waals surface area contributed by atoms with Crippen LogP contribution in [-0.2, 0) is 22.4 Å². The van der Waals surface area contributed by atoms with Crippen molar-refractivity contribution in [3.05, 3.63) is 57.5 Å². The Labute approximate surface area is 138 Å². The number of methoxy groups -OCH3 is 1. The summed E-state index contributed by atoms with van der Waals surface area (Å²) in [6.45, 7) is 0.521. The molecule has 4 nitrogen and oxygen atoms in total. The Kier molecular flexibility index (Phi) is 4.43. The van der Waals surface area contributed by atoms with E-state index in [1.54, 1.807) is 35.4 Å². The van der Waals surface area contributed by atoms with Crippen molar-refractivity contribution in [1.29, 1.82) is 0 Å². The summed E-state index contributed by atoms with van der Waals surface area (Å²) in [5, 5.41) is 0.827. The number of nitrogens with zero attached hydrogens (tertiary/aromatic N) is 2. The normalized spacial score (nSPS) is 14.7. The summed E-state index contributed by atoms with van der Waals surface area (Å²) >= 11 is 1.57. The third-order valence-electron chi connectivity index (χ3n) is 3.80. The zero-order valence-corrected chi connectivity index (χ0v) is 13.8. The molecule has 1 amide bonds. The summed E-state index contributed by atoms with van der Waals surface area (Å²) in [5.41, 5.74) is 1.94. The fraction of sp³-hybridized carbons (Fsp3) is 0.294. The number of likely N-dealkylation sites (N-methyl/N-ethyl adjacent to an activating group) is 1. The minimum absolute atomic E-state index is 0.106. The summed E-state index contributed by atoms with van der Waals surface area (Å²) < 4.78 is 18.1. The molecule has 0 saturated carbocycles. The SMILES string of the molecule is COC1=C(c2ncc(CCc3ccc(F)cc3)s2)CN(C)C1=O. The minimum Gasteiger partial charge on any atom is -0.491 e. The molecule has 3 rings (SSSR count). The number of rotatable bonds is 5. The molecule has 120 valence electrons. The average molecular weight is 332 g/mol. The van der Waals surface area contributed by atoms with Crippen LogP contribution in [0.2, 0.25) is 0 Å². The molecule has 1 aromatic heterocycles. The van der Waals surface area contributed by atoms with Crippen LogP contribution in [0.1, 0.15) is 15.4 Å². The number of aromatic nitrogens is 1. The van der Waals surface area contributed by atoms with Crippen LogP contribution in [0, 0.1) is 5.82 Å². The largest absolute Gasteiger partial charge is 0.491 e. The molecule has 1 aromatic carbocycles. The number of carbonyl (C=O) groups is 1. The Hall–Kier alpha value is -2.21. The monoisotopic (exact) mass is 332 g/mol. The zero-order valence-electron chi connectivity index (χ0n) is 13.0. The van der Waals surface area contributed by atoms with Gasteiger partial charge in [0.15, 0.2) is 5.76 Å². The van der Waals surface area contributed by atoms with Crippen molar-refractivity contribution in [2.75, 3.05) is 20.7 Å². The fourth-order valence-corrected chi connectivity index (χ4v) is 3.48. The lowest BCUT2D eigenvalue weighted by atomic mass is 10.1. The first-order valence-corrected chi connectivity index (χ1v) is 8.12. The van der Waals surface area contributed by atoms with Crippen molar-refractivity contribution in [2.24, 2.45) is 0 Å². The molecule has 0 N–H and O–H groups in total. The Morgan fingerprint density at radius 1 is 1.30 bits per heavy atom. The highest BCUT2D eigenvalue weighted by Crippen LogP contribution is 2.30. The molecule has 0 saturated heterocycles. The number of hydrogen-bond donors (Lipinski definition) is 0. The second-order valence-electron chi connectivity index (χ2n) is 5.43. The van der Waals surface area contributed by atoms with Gasteiger partial charge in [-0.1, -0.05) is 12.1 Å². The summed E-state index contributed by atoms with van der Waals surface area (Å²) in [6, 6.07) is 6.55. The summed E-state index contributed by atoms with van der Waals surface area (Å²) in [6.07, 6.45) is 3.51. The first-order valence-electron chi connectivity index (χ1n) is 7.30. The lowest BCUT2D eigenvalue weighted by Crippen LogP contribution is -2.22. The van der Waals surface area contributed by atoms with E-state index in [-0.39, 0.29) is 11.7 Å². The summed E-state index contributed by atoms with van der Waals surface area (Å²) in [4.78, 5) is 19.1. The fourth-order valence-electron chi connectivity index (χ4n) is 2.54. The molecular weight excluding hydrogens is 315 g/mol. The summed E-state index contributed by atoms with van der Waals surface area (Å²) in [5.74, 6) is 0.0559. The first kappa shape index (κ1) is 15.7. The number of ether oxygens (including phenoxy) is 1. The maximum absolute atomic E-state index is 12.9. The third-order valence-corrected chi connectivity index (χ3v) is 4.92. The number of amides is 1. The molecule has 0 aliphatic carbocycles. The lowest BCUT2D eigenvalue weighted by Gasteiger charge is -2.06. The lowest BCUT2D eigenvalue weighted by molar-refractivity contribution is -0.127. The number of halogens is 1. The molecule has 0 bridgehead atoms. The predicted molar refractivity (Wildman–Crippen MR) is 87.5 cm³/mol. The van der Waals surface area contributed by atoms with Gasteiger partial charge in [-0.15, -0.1) is 11.3 Å². The molecule has 2 aromatic rings. The van der Waals surface area contributed by atoms with Gasteiger partial charge >= 0.3 is 0 Å².